The molecule has 1 heterocycles. The van der Waals surface area contributed by atoms with E-state index in [0.29, 0.717) is 15.8 Å². The van der Waals surface area contributed by atoms with E-state index in [-0.39, 0.29) is 23.9 Å². The van der Waals surface area contributed by atoms with Crippen LogP contribution in [0.15, 0.2) is 53.9 Å². The Morgan fingerprint density at radius 2 is 1.85 bits per heavy atom. The van der Waals surface area contributed by atoms with Gasteiger partial charge < -0.3 is 10.6 Å². The molecule has 0 radical (unpaired) electrons. The van der Waals surface area contributed by atoms with Gasteiger partial charge >= 0.3 is 0 Å². The number of rotatable bonds is 5. The molecule has 3 rings (SSSR count). The van der Waals surface area contributed by atoms with Crippen LogP contribution in [0.5, 0.6) is 0 Å². The van der Waals surface area contributed by atoms with Crippen molar-refractivity contribution in [2.45, 2.75) is 13.3 Å². The van der Waals surface area contributed by atoms with Gasteiger partial charge in [-0.2, -0.15) is 0 Å². The minimum absolute atomic E-state index is 0.181. The Hall–Kier alpha value is -2.70. The second-order valence-corrected chi connectivity index (χ2v) is 6.90. The number of hydrogen-bond donors (Lipinski definition) is 2. The first-order valence-corrected chi connectivity index (χ1v) is 9.14. The van der Waals surface area contributed by atoms with E-state index in [9.17, 15) is 9.59 Å². The van der Waals surface area contributed by atoms with Gasteiger partial charge in [-0.25, -0.2) is 4.98 Å². The van der Waals surface area contributed by atoms with Crippen molar-refractivity contribution < 1.29 is 9.59 Å². The third-order valence-electron chi connectivity index (χ3n) is 3.65. The van der Waals surface area contributed by atoms with Crippen molar-refractivity contribution in [3.63, 3.8) is 0 Å². The smallest absolute Gasteiger partial charge is 0.275 e. The fourth-order valence-electron chi connectivity index (χ4n) is 2.35. The summed E-state index contributed by atoms with van der Waals surface area (Å²) in [5, 5.41) is 7.92. The Balaban J connectivity index is 1.64. The maximum Gasteiger partial charge on any atom is 0.275 e. The average molecular weight is 386 g/mol. The Morgan fingerprint density at radius 3 is 2.58 bits per heavy atom. The zero-order valence-corrected chi connectivity index (χ0v) is 15.5. The monoisotopic (exact) mass is 385 g/mol. The van der Waals surface area contributed by atoms with Crippen molar-refractivity contribution >= 4 is 45.6 Å². The summed E-state index contributed by atoms with van der Waals surface area (Å²) in [7, 11) is 0. The molecular formula is C19H16ClN3O2S. The molecule has 0 aliphatic carbocycles. The van der Waals surface area contributed by atoms with Crippen molar-refractivity contribution in [3.05, 3.63) is 75.8 Å². The van der Waals surface area contributed by atoms with Crippen molar-refractivity contribution in [1.82, 2.24) is 4.98 Å². The van der Waals surface area contributed by atoms with Gasteiger partial charge in [0.05, 0.1) is 17.1 Å². The summed E-state index contributed by atoms with van der Waals surface area (Å²) >= 11 is 7.32. The summed E-state index contributed by atoms with van der Waals surface area (Å²) in [5.41, 5.74) is 2.55. The molecule has 2 amide bonds. The van der Waals surface area contributed by atoms with Gasteiger partial charge in [0.25, 0.3) is 5.91 Å². The lowest BCUT2D eigenvalue weighted by molar-refractivity contribution is -0.115. The van der Waals surface area contributed by atoms with Crippen molar-refractivity contribution in [2.75, 3.05) is 10.6 Å². The van der Waals surface area contributed by atoms with Gasteiger partial charge in [-0.15, -0.1) is 11.3 Å². The molecule has 3 aromatic rings. The normalized spacial score (nSPS) is 10.4. The molecular weight excluding hydrogens is 370 g/mol. The number of aryl methyl sites for hydroxylation is 1. The van der Waals surface area contributed by atoms with E-state index in [1.165, 1.54) is 11.3 Å². The van der Waals surface area contributed by atoms with Gasteiger partial charge in [-0.05, 0) is 24.1 Å². The number of amides is 2. The summed E-state index contributed by atoms with van der Waals surface area (Å²) < 4.78 is 0. The summed E-state index contributed by atoms with van der Waals surface area (Å²) in [5.74, 6) is -0.555. The maximum atomic E-state index is 12.4. The van der Waals surface area contributed by atoms with Crippen LogP contribution in [0.4, 0.5) is 10.8 Å². The third-order valence-corrected chi connectivity index (χ3v) is 4.72. The van der Waals surface area contributed by atoms with E-state index in [1.54, 1.807) is 11.4 Å². The number of carbonyl (C=O) groups is 2. The fourth-order valence-corrected chi connectivity index (χ4v) is 3.32. The van der Waals surface area contributed by atoms with Crippen LogP contribution in [-0.4, -0.2) is 16.8 Å². The molecule has 0 aliphatic heterocycles. The third kappa shape index (κ3) is 4.47. The van der Waals surface area contributed by atoms with E-state index < -0.39 is 0 Å². The van der Waals surface area contributed by atoms with Gasteiger partial charge in [0.15, 0.2) is 5.13 Å². The standard InChI is InChI=1S/C19H16ClN3O2S/c1-12-6-5-9-14(20)17(12)23-18(25)15-11-26-19(21-15)22-16(24)10-13-7-3-2-4-8-13/h2-9,11H,10H2,1H3,(H,23,25)(H,21,22,24). The number of para-hydroxylation sites is 1. The second kappa shape index (κ2) is 8.12. The van der Waals surface area contributed by atoms with Crippen LogP contribution in [0.3, 0.4) is 0 Å². The Labute approximate surface area is 160 Å². The lowest BCUT2D eigenvalue weighted by Gasteiger charge is -2.08. The molecule has 2 N–H and O–H groups in total. The number of anilines is 2. The number of hydrogen-bond acceptors (Lipinski definition) is 4. The Kier molecular flexibility index (Phi) is 5.65. The van der Waals surface area contributed by atoms with Gasteiger partial charge in [0, 0.05) is 5.38 Å². The molecule has 2 aromatic carbocycles. The number of aromatic nitrogens is 1. The predicted molar refractivity (Wildman–Crippen MR) is 105 cm³/mol. The Morgan fingerprint density at radius 1 is 1.08 bits per heavy atom. The second-order valence-electron chi connectivity index (χ2n) is 5.63. The number of halogens is 1. The highest BCUT2D eigenvalue weighted by Gasteiger charge is 2.15. The van der Waals surface area contributed by atoms with Gasteiger partial charge in [0.2, 0.25) is 5.91 Å². The molecule has 7 heteroatoms. The molecule has 0 unspecified atom stereocenters. The van der Waals surface area contributed by atoms with Crippen LogP contribution < -0.4 is 10.6 Å². The van der Waals surface area contributed by atoms with Crippen LogP contribution in [0.2, 0.25) is 5.02 Å². The molecule has 0 aliphatic rings. The summed E-state index contributed by atoms with van der Waals surface area (Å²) in [6.45, 7) is 1.86. The zero-order chi connectivity index (χ0) is 18.5. The summed E-state index contributed by atoms with van der Waals surface area (Å²) in [4.78, 5) is 28.6. The molecule has 26 heavy (non-hydrogen) atoms. The zero-order valence-electron chi connectivity index (χ0n) is 14.0. The molecule has 0 atom stereocenters. The molecule has 0 fully saturated rings. The first-order valence-electron chi connectivity index (χ1n) is 7.88. The number of nitrogens with zero attached hydrogens (tertiary/aromatic N) is 1. The molecule has 1 aromatic heterocycles. The van der Waals surface area contributed by atoms with Crippen LogP contribution in [0, 0.1) is 6.92 Å². The minimum atomic E-state index is -0.374. The molecule has 5 nitrogen and oxygen atoms in total. The summed E-state index contributed by atoms with van der Waals surface area (Å²) in [6, 6.07) is 14.8. The van der Waals surface area contributed by atoms with E-state index >= 15 is 0 Å². The minimum Gasteiger partial charge on any atom is -0.319 e. The molecule has 0 saturated heterocycles. The van der Waals surface area contributed by atoms with E-state index in [0.717, 1.165) is 11.1 Å². The number of nitrogens with one attached hydrogen (secondary N) is 2. The van der Waals surface area contributed by atoms with Gasteiger partial charge in [-0.3, -0.25) is 9.59 Å². The van der Waals surface area contributed by atoms with Crippen LogP contribution in [0.1, 0.15) is 21.6 Å². The average Bonchev–Trinajstić information content (AvgIpc) is 3.07. The van der Waals surface area contributed by atoms with Crippen LogP contribution >= 0.6 is 22.9 Å². The number of carbonyl (C=O) groups excluding carboxylic acids is 2. The van der Waals surface area contributed by atoms with E-state index in [4.69, 9.17) is 11.6 Å². The van der Waals surface area contributed by atoms with Crippen molar-refractivity contribution in [2.24, 2.45) is 0 Å². The predicted octanol–water partition coefficient (Wildman–Crippen LogP) is 4.54. The fraction of sp³-hybridized carbons (Fsp3) is 0.105. The highest BCUT2D eigenvalue weighted by atomic mass is 35.5. The maximum absolute atomic E-state index is 12.4. The quantitative estimate of drug-likeness (QED) is 0.677. The SMILES string of the molecule is Cc1cccc(Cl)c1NC(=O)c1csc(NC(=O)Cc2ccccc2)n1. The molecule has 0 saturated carbocycles. The van der Waals surface area contributed by atoms with E-state index in [1.807, 2.05) is 49.4 Å². The number of benzene rings is 2. The first-order chi connectivity index (χ1) is 12.5. The van der Waals surface area contributed by atoms with Crippen LogP contribution in [-0.2, 0) is 11.2 Å². The Bertz CT molecular complexity index is 921. The van der Waals surface area contributed by atoms with E-state index in [2.05, 4.69) is 15.6 Å². The summed E-state index contributed by atoms with van der Waals surface area (Å²) in [6.07, 6.45) is 0.251. The van der Waals surface area contributed by atoms with Crippen LogP contribution in [0.25, 0.3) is 0 Å². The largest absolute Gasteiger partial charge is 0.319 e. The lowest BCUT2D eigenvalue weighted by Crippen LogP contribution is -2.16. The lowest BCUT2D eigenvalue weighted by atomic mass is 10.1. The highest BCUT2D eigenvalue weighted by molar-refractivity contribution is 7.14. The molecule has 132 valence electrons. The topological polar surface area (TPSA) is 71.1 Å². The van der Waals surface area contributed by atoms with Crippen molar-refractivity contribution in [1.29, 1.82) is 0 Å². The number of thiazole rings is 1. The van der Waals surface area contributed by atoms with Crippen molar-refractivity contribution in [3.8, 4) is 0 Å². The molecule has 0 spiro atoms. The molecule has 0 bridgehead atoms. The first kappa shape index (κ1) is 18.1. The highest BCUT2D eigenvalue weighted by Crippen LogP contribution is 2.26. The van der Waals surface area contributed by atoms with Gasteiger partial charge in [0.1, 0.15) is 5.69 Å². The van der Waals surface area contributed by atoms with Gasteiger partial charge in [-0.1, -0.05) is 54.1 Å².